The van der Waals surface area contributed by atoms with Gasteiger partial charge in [0, 0.05) is 10.7 Å². The van der Waals surface area contributed by atoms with E-state index in [9.17, 15) is 4.79 Å². The van der Waals surface area contributed by atoms with E-state index in [1.165, 1.54) is 0 Å². The van der Waals surface area contributed by atoms with Crippen LogP contribution in [-0.2, 0) is 9.53 Å². The van der Waals surface area contributed by atoms with Gasteiger partial charge in [-0.15, -0.1) is 0 Å². The molecule has 0 aromatic carbocycles. The molecule has 5 rings (SSSR count). The highest BCUT2D eigenvalue weighted by Gasteiger charge is 2.72. The third kappa shape index (κ3) is 0.495. The lowest BCUT2D eigenvalue weighted by Gasteiger charge is -2.50. The van der Waals surface area contributed by atoms with E-state index in [1.54, 1.807) is 0 Å². The van der Waals surface area contributed by atoms with E-state index in [4.69, 9.17) is 4.74 Å². The Morgan fingerprint density at radius 2 is 2.27 bits per heavy atom. The molecule has 1 unspecified atom stereocenters. The summed E-state index contributed by atoms with van der Waals surface area (Å²) in [6, 6.07) is 0. The van der Waals surface area contributed by atoms with Gasteiger partial charge in [-0.05, 0) is 19.3 Å². The predicted molar refractivity (Wildman–Crippen MR) is 42.5 cm³/mol. The molecule has 2 nitrogen and oxygen atoms in total. The molecule has 0 aromatic heterocycles. The van der Waals surface area contributed by atoms with Gasteiger partial charge >= 0.3 is 5.97 Å². The summed E-state index contributed by atoms with van der Waals surface area (Å²) in [5, 5.41) is 0.275. The lowest BCUT2D eigenvalue weighted by atomic mass is 9.59. The number of fused-ring (bicyclic) bond motifs is 3. The number of hydrogen-bond acceptors (Lipinski definition) is 3. The summed E-state index contributed by atoms with van der Waals surface area (Å²) < 4.78 is 5.09. The zero-order valence-corrected chi connectivity index (χ0v) is 7.06. The van der Waals surface area contributed by atoms with Crippen molar-refractivity contribution in [2.75, 3.05) is 6.61 Å². The maximum absolute atomic E-state index is 11.3. The summed E-state index contributed by atoms with van der Waals surface area (Å²) in [5.41, 5.74) is 0.210. The SMILES string of the molecule is O=C1OCC23CC(S)C1(C2)C3. The molecule has 2 heterocycles. The van der Waals surface area contributed by atoms with Crippen molar-refractivity contribution < 1.29 is 9.53 Å². The zero-order valence-electron chi connectivity index (χ0n) is 6.17. The highest BCUT2D eigenvalue weighted by atomic mass is 32.1. The lowest BCUT2D eigenvalue weighted by molar-refractivity contribution is -0.188. The molecule has 60 valence electrons. The summed E-state index contributed by atoms with van der Waals surface area (Å²) >= 11 is 4.45. The van der Waals surface area contributed by atoms with E-state index in [-0.39, 0.29) is 16.6 Å². The van der Waals surface area contributed by atoms with Crippen LogP contribution in [0.5, 0.6) is 0 Å². The highest BCUT2D eigenvalue weighted by Crippen LogP contribution is 2.71. The van der Waals surface area contributed by atoms with Gasteiger partial charge in [-0.1, -0.05) is 0 Å². The van der Waals surface area contributed by atoms with E-state index in [0.717, 1.165) is 19.3 Å². The Morgan fingerprint density at radius 1 is 1.55 bits per heavy atom. The Balaban J connectivity index is 2.09. The number of carbonyl (C=O) groups excluding carboxylic acids is 1. The minimum Gasteiger partial charge on any atom is -0.465 e. The lowest BCUT2D eigenvalue weighted by Crippen LogP contribution is -2.54. The van der Waals surface area contributed by atoms with Crippen LogP contribution in [-0.4, -0.2) is 17.8 Å². The second kappa shape index (κ2) is 1.47. The molecule has 3 heteroatoms. The van der Waals surface area contributed by atoms with Crippen molar-refractivity contribution in [1.82, 2.24) is 0 Å². The van der Waals surface area contributed by atoms with Gasteiger partial charge in [0.15, 0.2) is 0 Å². The molecule has 0 N–H and O–H groups in total. The second-order valence-electron chi connectivity index (χ2n) is 4.31. The summed E-state index contributed by atoms with van der Waals surface area (Å²) in [7, 11) is 0. The average molecular weight is 170 g/mol. The standard InChI is InChI=1S/C8H10O2S/c9-6-8-2-7(3-8,4-10-6)1-5(8)11/h5,11H,1-4H2. The smallest absolute Gasteiger partial charge is 0.313 e. The first-order valence-corrected chi connectivity index (χ1v) is 4.54. The molecule has 0 aromatic rings. The molecule has 2 aliphatic heterocycles. The van der Waals surface area contributed by atoms with Gasteiger partial charge in [0.25, 0.3) is 0 Å². The van der Waals surface area contributed by atoms with Crippen molar-refractivity contribution in [3.63, 3.8) is 0 Å². The summed E-state index contributed by atoms with van der Waals surface area (Å²) in [4.78, 5) is 11.3. The Bertz CT molecular complexity index is 242. The molecule has 2 bridgehead atoms. The Kier molecular flexibility index (Phi) is 0.847. The van der Waals surface area contributed by atoms with Crippen molar-refractivity contribution >= 4 is 18.6 Å². The van der Waals surface area contributed by atoms with Crippen LogP contribution < -0.4 is 0 Å². The maximum atomic E-state index is 11.3. The molecule has 0 radical (unpaired) electrons. The van der Waals surface area contributed by atoms with Crippen molar-refractivity contribution in [2.24, 2.45) is 10.8 Å². The van der Waals surface area contributed by atoms with Crippen molar-refractivity contribution in [3.8, 4) is 0 Å². The Labute approximate surface area is 70.7 Å². The van der Waals surface area contributed by atoms with Crippen molar-refractivity contribution in [3.05, 3.63) is 0 Å². The Hall–Kier alpha value is -0.180. The zero-order chi connectivity index (χ0) is 7.69. The normalized spacial score (nSPS) is 58.6. The quantitative estimate of drug-likeness (QED) is 0.434. The maximum Gasteiger partial charge on any atom is 0.313 e. The molecule has 0 amide bonds. The fraction of sp³-hybridized carbons (Fsp3) is 0.875. The third-order valence-electron chi connectivity index (χ3n) is 3.56. The summed E-state index contributed by atoms with van der Waals surface area (Å²) in [6.07, 6.45) is 3.18. The monoisotopic (exact) mass is 170 g/mol. The van der Waals surface area contributed by atoms with Gasteiger partial charge in [0.1, 0.15) is 0 Å². The first-order chi connectivity index (χ1) is 5.17. The highest BCUT2D eigenvalue weighted by molar-refractivity contribution is 7.81. The molecule has 11 heavy (non-hydrogen) atoms. The number of rotatable bonds is 0. The number of ether oxygens (including phenoxy) is 1. The molecule has 3 saturated carbocycles. The largest absolute Gasteiger partial charge is 0.465 e. The molecular weight excluding hydrogens is 160 g/mol. The van der Waals surface area contributed by atoms with Crippen LogP contribution in [0.4, 0.5) is 0 Å². The molecule has 5 fully saturated rings. The van der Waals surface area contributed by atoms with Crippen LogP contribution in [0.15, 0.2) is 0 Å². The van der Waals surface area contributed by atoms with Crippen LogP contribution in [0.2, 0.25) is 0 Å². The van der Waals surface area contributed by atoms with E-state index in [0.29, 0.717) is 12.0 Å². The molecule has 0 spiro atoms. The Morgan fingerprint density at radius 3 is 2.91 bits per heavy atom. The molecule has 2 saturated heterocycles. The van der Waals surface area contributed by atoms with E-state index >= 15 is 0 Å². The molecule has 5 aliphatic rings. The van der Waals surface area contributed by atoms with Crippen LogP contribution in [0, 0.1) is 10.8 Å². The van der Waals surface area contributed by atoms with Crippen LogP contribution in [0.3, 0.4) is 0 Å². The van der Waals surface area contributed by atoms with Crippen molar-refractivity contribution in [2.45, 2.75) is 24.5 Å². The minimum absolute atomic E-state index is 0.0110. The molecular formula is C8H10O2S. The van der Waals surface area contributed by atoms with E-state index in [2.05, 4.69) is 12.6 Å². The second-order valence-corrected chi connectivity index (χ2v) is 4.93. The topological polar surface area (TPSA) is 26.3 Å². The van der Waals surface area contributed by atoms with Crippen LogP contribution in [0.25, 0.3) is 0 Å². The third-order valence-corrected chi connectivity index (χ3v) is 4.24. The fourth-order valence-corrected chi connectivity index (χ4v) is 3.75. The summed E-state index contributed by atoms with van der Waals surface area (Å²) in [6.45, 7) is 0.657. The van der Waals surface area contributed by atoms with Gasteiger partial charge in [0.2, 0.25) is 0 Å². The van der Waals surface area contributed by atoms with Gasteiger partial charge < -0.3 is 4.74 Å². The van der Waals surface area contributed by atoms with Crippen molar-refractivity contribution in [1.29, 1.82) is 0 Å². The van der Waals surface area contributed by atoms with Gasteiger partial charge in [0.05, 0.1) is 12.0 Å². The van der Waals surface area contributed by atoms with Crippen LogP contribution >= 0.6 is 12.6 Å². The predicted octanol–water partition coefficient (Wildman–Crippen LogP) is 1.01. The van der Waals surface area contributed by atoms with Gasteiger partial charge in [-0.25, -0.2) is 0 Å². The fourth-order valence-electron chi connectivity index (χ4n) is 3.08. The number of esters is 1. The summed E-state index contributed by atoms with van der Waals surface area (Å²) in [5.74, 6) is 0.0110. The van der Waals surface area contributed by atoms with Crippen LogP contribution in [0.1, 0.15) is 19.3 Å². The average Bonchev–Trinajstić information content (AvgIpc) is 2.27. The van der Waals surface area contributed by atoms with Gasteiger partial charge in [-0.2, -0.15) is 12.6 Å². The number of thiol groups is 1. The minimum atomic E-state index is -0.151. The first-order valence-electron chi connectivity index (χ1n) is 4.02. The van der Waals surface area contributed by atoms with E-state index < -0.39 is 0 Å². The first kappa shape index (κ1) is 6.35. The van der Waals surface area contributed by atoms with E-state index in [1.807, 2.05) is 0 Å². The number of hydrogen-bond donors (Lipinski definition) is 1. The molecule has 3 aliphatic carbocycles. The number of carbonyl (C=O) groups is 1. The molecule has 1 atom stereocenters. The van der Waals surface area contributed by atoms with Gasteiger partial charge in [-0.3, -0.25) is 4.79 Å².